The summed E-state index contributed by atoms with van der Waals surface area (Å²) in [5, 5.41) is 10.2. The summed E-state index contributed by atoms with van der Waals surface area (Å²) in [5.41, 5.74) is 0.551. The van der Waals surface area contributed by atoms with Crippen molar-refractivity contribution in [2.75, 3.05) is 17.3 Å². The van der Waals surface area contributed by atoms with E-state index in [0.29, 0.717) is 23.8 Å². The van der Waals surface area contributed by atoms with Crippen LogP contribution in [0.2, 0.25) is 0 Å². The molecule has 2 aromatic rings. The molecule has 1 aliphatic carbocycles. The maximum atomic E-state index is 12.9. The first kappa shape index (κ1) is 19.5. The number of anilines is 1. The van der Waals surface area contributed by atoms with Crippen LogP contribution in [-0.2, 0) is 4.79 Å². The van der Waals surface area contributed by atoms with E-state index in [2.05, 4.69) is 15.7 Å². The minimum absolute atomic E-state index is 0.201. The van der Waals surface area contributed by atoms with E-state index in [1.165, 1.54) is 12.8 Å². The van der Waals surface area contributed by atoms with Gasteiger partial charge in [0, 0.05) is 11.6 Å². The molecule has 27 heavy (non-hydrogen) atoms. The van der Waals surface area contributed by atoms with E-state index in [1.807, 2.05) is 35.2 Å². The summed E-state index contributed by atoms with van der Waals surface area (Å²) in [6.07, 6.45) is 8.85. The third-order valence-electron chi connectivity index (χ3n) is 4.86. The highest BCUT2D eigenvalue weighted by Crippen LogP contribution is 2.31. The molecule has 7 heteroatoms. The summed E-state index contributed by atoms with van der Waals surface area (Å²) in [4.78, 5) is 25.4. The number of amides is 2. The third kappa shape index (κ3) is 5.13. The molecule has 144 valence electrons. The third-order valence-corrected chi connectivity index (χ3v) is 5.50. The second kappa shape index (κ2) is 9.60. The molecule has 2 amide bonds. The molecule has 1 aromatic carbocycles. The maximum Gasteiger partial charge on any atom is 0.251 e. The second-order valence-corrected chi connectivity index (χ2v) is 7.75. The van der Waals surface area contributed by atoms with Gasteiger partial charge in [-0.15, -0.1) is 0 Å². The Bertz CT molecular complexity index is 756. The molecule has 1 atom stereocenters. The Kier molecular flexibility index (Phi) is 6.92. The molecule has 6 nitrogen and oxygen atoms in total. The lowest BCUT2D eigenvalue weighted by Crippen LogP contribution is -2.44. The van der Waals surface area contributed by atoms with Gasteiger partial charge < -0.3 is 10.6 Å². The zero-order chi connectivity index (χ0) is 19.1. The Morgan fingerprint density at radius 1 is 1.22 bits per heavy atom. The summed E-state index contributed by atoms with van der Waals surface area (Å²) in [5.74, 6) is 1.05. The first-order valence-electron chi connectivity index (χ1n) is 9.38. The van der Waals surface area contributed by atoms with Crippen molar-refractivity contribution in [2.24, 2.45) is 0 Å². The van der Waals surface area contributed by atoms with Crippen molar-refractivity contribution in [3.05, 3.63) is 48.2 Å². The van der Waals surface area contributed by atoms with Crippen molar-refractivity contribution >= 4 is 29.4 Å². The quantitative estimate of drug-likeness (QED) is 0.728. The fraction of sp³-hybridized carbons (Fsp3) is 0.450. The fourth-order valence-electron chi connectivity index (χ4n) is 3.40. The highest BCUT2D eigenvalue weighted by molar-refractivity contribution is 7.98. The number of carbonyl (C=O) groups is 2. The van der Waals surface area contributed by atoms with Crippen LogP contribution in [0.25, 0.3) is 0 Å². The number of thioether (sulfide) groups is 1. The normalized spacial score (nSPS) is 15.4. The van der Waals surface area contributed by atoms with Gasteiger partial charge in [-0.3, -0.25) is 9.59 Å². The molecular formula is C20H26N4O2S. The van der Waals surface area contributed by atoms with Gasteiger partial charge in [-0.1, -0.05) is 31.0 Å². The number of nitrogens with zero attached hydrogens (tertiary/aromatic N) is 2. The molecule has 0 unspecified atom stereocenters. The first-order chi connectivity index (χ1) is 13.2. The van der Waals surface area contributed by atoms with Gasteiger partial charge in [-0.25, -0.2) is 4.68 Å². The molecule has 2 N–H and O–H groups in total. The van der Waals surface area contributed by atoms with Crippen LogP contribution in [0, 0.1) is 0 Å². The molecule has 1 aliphatic rings. The van der Waals surface area contributed by atoms with Gasteiger partial charge in [0.15, 0.2) is 0 Å². The molecule has 1 fully saturated rings. The minimum atomic E-state index is -0.586. The molecular weight excluding hydrogens is 360 g/mol. The van der Waals surface area contributed by atoms with E-state index in [4.69, 9.17) is 0 Å². The lowest BCUT2D eigenvalue weighted by Gasteiger charge is -2.20. The zero-order valence-corrected chi connectivity index (χ0v) is 16.4. The van der Waals surface area contributed by atoms with Gasteiger partial charge in [0.1, 0.15) is 11.9 Å². The predicted octanol–water partition coefficient (Wildman–Crippen LogP) is 3.49. The van der Waals surface area contributed by atoms with Crippen molar-refractivity contribution in [1.29, 1.82) is 0 Å². The number of carbonyl (C=O) groups excluding carboxylic acids is 2. The number of hydrogen-bond donors (Lipinski definition) is 2. The van der Waals surface area contributed by atoms with Gasteiger partial charge in [-0.2, -0.15) is 16.9 Å². The molecule has 0 aliphatic heterocycles. The van der Waals surface area contributed by atoms with Crippen LogP contribution in [0.5, 0.6) is 0 Å². The number of rotatable bonds is 8. The summed E-state index contributed by atoms with van der Waals surface area (Å²) in [7, 11) is 0. The van der Waals surface area contributed by atoms with Crippen molar-refractivity contribution in [1.82, 2.24) is 15.1 Å². The smallest absolute Gasteiger partial charge is 0.251 e. The Hall–Kier alpha value is -2.28. The number of aromatic nitrogens is 2. The number of benzene rings is 1. The lowest BCUT2D eigenvalue weighted by molar-refractivity contribution is -0.118. The molecule has 0 bridgehead atoms. The Labute approximate surface area is 164 Å². The Morgan fingerprint density at radius 2 is 1.96 bits per heavy atom. The van der Waals surface area contributed by atoms with Crippen LogP contribution in [0.4, 0.5) is 5.82 Å². The van der Waals surface area contributed by atoms with E-state index in [9.17, 15) is 9.59 Å². The average molecular weight is 387 g/mol. The van der Waals surface area contributed by atoms with Crippen LogP contribution >= 0.6 is 11.8 Å². The van der Waals surface area contributed by atoms with Crippen LogP contribution in [0.1, 0.15) is 48.5 Å². The van der Waals surface area contributed by atoms with Crippen LogP contribution in [0.15, 0.2) is 42.6 Å². The van der Waals surface area contributed by atoms with E-state index >= 15 is 0 Å². The summed E-state index contributed by atoms with van der Waals surface area (Å²) in [6, 6.07) is 10.6. The largest absolute Gasteiger partial charge is 0.340 e. The highest BCUT2D eigenvalue weighted by Gasteiger charge is 2.24. The highest BCUT2D eigenvalue weighted by atomic mass is 32.2. The lowest BCUT2D eigenvalue weighted by atomic mass is 10.1. The van der Waals surface area contributed by atoms with Crippen LogP contribution in [-0.4, -0.2) is 39.6 Å². The number of nitrogens with one attached hydrogen (secondary N) is 2. The average Bonchev–Trinajstić information content (AvgIpc) is 3.37. The molecule has 1 aromatic heterocycles. The molecule has 0 spiro atoms. The van der Waals surface area contributed by atoms with E-state index in [0.717, 1.165) is 18.6 Å². The monoisotopic (exact) mass is 386 g/mol. The van der Waals surface area contributed by atoms with Gasteiger partial charge >= 0.3 is 0 Å². The van der Waals surface area contributed by atoms with E-state index in [-0.39, 0.29) is 11.8 Å². The van der Waals surface area contributed by atoms with Crippen molar-refractivity contribution < 1.29 is 9.59 Å². The van der Waals surface area contributed by atoms with E-state index in [1.54, 1.807) is 30.1 Å². The number of hydrogen-bond acceptors (Lipinski definition) is 4. The zero-order valence-electron chi connectivity index (χ0n) is 15.6. The second-order valence-electron chi connectivity index (χ2n) is 6.76. The molecule has 0 radical (unpaired) electrons. The standard InChI is InChI=1S/C20H26N4O2S/c1-27-14-12-17(22-19(25)15-7-3-2-4-8-15)20(26)23-18-11-13-21-24(18)16-9-5-6-10-16/h2-4,7-8,11,13,16-17H,5-6,9-10,12,14H2,1H3,(H,22,25)(H,23,26)/t17-/m1/s1. The maximum absolute atomic E-state index is 12.9. The van der Waals surface area contributed by atoms with Crippen LogP contribution < -0.4 is 10.6 Å². The van der Waals surface area contributed by atoms with Crippen molar-refractivity contribution in [2.45, 2.75) is 44.2 Å². The SMILES string of the molecule is CSCC[C@@H](NC(=O)c1ccccc1)C(=O)Nc1ccnn1C1CCCC1. The molecule has 1 heterocycles. The molecule has 3 rings (SSSR count). The summed E-state index contributed by atoms with van der Waals surface area (Å²) >= 11 is 1.65. The Morgan fingerprint density at radius 3 is 2.67 bits per heavy atom. The van der Waals surface area contributed by atoms with Gasteiger partial charge in [0.05, 0.1) is 12.2 Å². The minimum Gasteiger partial charge on any atom is -0.340 e. The molecule has 1 saturated carbocycles. The molecule has 0 saturated heterocycles. The topological polar surface area (TPSA) is 76.0 Å². The van der Waals surface area contributed by atoms with E-state index < -0.39 is 6.04 Å². The van der Waals surface area contributed by atoms with Gasteiger partial charge in [0.25, 0.3) is 5.91 Å². The Balaban J connectivity index is 1.68. The van der Waals surface area contributed by atoms with Gasteiger partial charge in [-0.05, 0) is 43.4 Å². The fourth-order valence-corrected chi connectivity index (χ4v) is 3.87. The predicted molar refractivity (Wildman–Crippen MR) is 109 cm³/mol. The van der Waals surface area contributed by atoms with Gasteiger partial charge in [0.2, 0.25) is 5.91 Å². The summed E-state index contributed by atoms with van der Waals surface area (Å²) in [6.45, 7) is 0. The van der Waals surface area contributed by atoms with Crippen molar-refractivity contribution in [3.63, 3.8) is 0 Å². The van der Waals surface area contributed by atoms with Crippen LogP contribution in [0.3, 0.4) is 0 Å². The summed E-state index contributed by atoms with van der Waals surface area (Å²) < 4.78 is 1.91. The first-order valence-corrected chi connectivity index (χ1v) is 10.8. The van der Waals surface area contributed by atoms with Crippen molar-refractivity contribution in [3.8, 4) is 0 Å².